The van der Waals surface area contributed by atoms with Gasteiger partial charge in [-0.2, -0.15) is 0 Å². The quantitative estimate of drug-likeness (QED) is 0.708. The zero-order valence-corrected chi connectivity index (χ0v) is 9.19. The molecule has 1 aromatic carbocycles. The van der Waals surface area contributed by atoms with Crippen molar-refractivity contribution in [2.24, 2.45) is 11.8 Å². The van der Waals surface area contributed by atoms with Crippen LogP contribution >= 0.6 is 0 Å². The van der Waals surface area contributed by atoms with E-state index < -0.39 is 0 Å². The molecule has 0 N–H and O–H groups in total. The van der Waals surface area contributed by atoms with Crippen LogP contribution in [0.15, 0.2) is 24.3 Å². The Kier molecular flexibility index (Phi) is 2.76. The maximum Gasteiger partial charge on any atom is 0.338 e. The Morgan fingerprint density at radius 3 is 2.53 bits per heavy atom. The summed E-state index contributed by atoms with van der Waals surface area (Å²) >= 11 is 0. The maximum absolute atomic E-state index is 11.6. The molecule has 0 spiro atoms. The zero-order chi connectivity index (χ0) is 10.8. The predicted octanol–water partition coefficient (Wildman–Crippen LogP) is 2.81. The van der Waals surface area contributed by atoms with E-state index in [4.69, 9.17) is 4.74 Å². The van der Waals surface area contributed by atoms with Crippen molar-refractivity contribution in [3.8, 4) is 0 Å². The fourth-order valence-electron chi connectivity index (χ4n) is 1.59. The first-order valence-electron chi connectivity index (χ1n) is 5.40. The fourth-order valence-corrected chi connectivity index (χ4v) is 1.59. The standard InChI is InChI=1S/C13H16O2/c1-9-3-5-11(6-4-9)13(14)15-8-12-7-10(12)2/h3-6,10,12H,7-8H2,1-2H3. The normalized spacial score (nSPS) is 23.6. The van der Waals surface area contributed by atoms with E-state index in [2.05, 4.69) is 6.92 Å². The Morgan fingerprint density at radius 1 is 1.40 bits per heavy atom. The van der Waals surface area contributed by atoms with Gasteiger partial charge in [0.25, 0.3) is 0 Å². The summed E-state index contributed by atoms with van der Waals surface area (Å²) in [5, 5.41) is 0. The molecule has 2 unspecified atom stereocenters. The lowest BCUT2D eigenvalue weighted by Crippen LogP contribution is -2.07. The lowest BCUT2D eigenvalue weighted by atomic mass is 10.1. The molecular formula is C13H16O2. The topological polar surface area (TPSA) is 26.3 Å². The number of benzene rings is 1. The van der Waals surface area contributed by atoms with Gasteiger partial charge in [0.15, 0.2) is 0 Å². The van der Waals surface area contributed by atoms with E-state index in [9.17, 15) is 4.79 Å². The van der Waals surface area contributed by atoms with Gasteiger partial charge >= 0.3 is 5.97 Å². The molecule has 1 fully saturated rings. The highest BCUT2D eigenvalue weighted by Crippen LogP contribution is 2.37. The molecule has 0 heterocycles. The zero-order valence-electron chi connectivity index (χ0n) is 9.19. The molecule has 2 nitrogen and oxygen atoms in total. The molecule has 0 bridgehead atoms. The summed E-state index contributed by atoms with van der Waals surface area (Å²) in [6.45, 7) is 4.76. The molecule has 0 amide bonds. The Morgan fingerprint density at radius 2 is 2.00 bits per heavy atom. The Labute approximate surface area is 90.3 Å². The second-order valence-electron chi connectivity index (χ2n) is 4.44. The molecule has 0 aromatic heterocycles. The average molecular weight is 204 g/mol. The third-order valence-corrected chi connectivity index (χ3v) is 2.99. The fraction of sp³-hybridized carbons (Fsp3) is 0.462. The maximum atomic E-state index is 11.6. The molecule has 1 saturated carbocycles. The molecule has 2 atom stereocenters. The van der Waals surface area contributed by atoms with Gasteiger partial charge < -0.3 is 4.74 Å². The number of esters is 1. The van der Waals surface area contributed by atoms with Crippen LogP contribution in [0, 0.1) is 18.8 Å². The monoisotopic (exact) mass is 204 g/mol. The van der Waals surface area contributed by atoms with Crippen molar-refractivity contribution in [2.75, 3.05) is 6.61 Å². The smallest absolute Gasteiger partial charge is 0.338 e. The molecule has 80 valence electrons. The SMILES string of the molecule is Cc1ccc(C(=O)OCC2CC2C)cc1. The van der Waals surface area contributed by atoms with Gasteiger partial charge in [0, 0.05) is 0 Å². The van der Waals surface area contributed by atoms with Crippen LogP contribution < -0.4 is 0 Å². The van der Waals surface area contributed by atoms with E-state index in [1.807, 2.05) is 31.2 Å². The van der Waals surface area contributed by atoms with Gasteiger partial charge in [-0.05, 0) is 37.3 Å². The molecule has 1 aliphatic rings. The summed E-state index contributed by atoms with van der Waals surface area (Å²) in [5.41, 5.74) is 1.80. The van der Waals surface area contributed by atoms with Crippen LogP contribution in [-0.2, 0) is 4.74 Å². The number of carbonyl (C=O) groups excluding carboxylic acids is 1. The summed E-state index contributed by atoms with van der Waals surface area (Å²) in [6, 6.07) is 7.48. The number of rotatable bonds is 3. The minimum atomic E-state index is -0.200. The van der Waals surface area contributed by atoms with Crippen molar-refractivity contribution >= 4 is 5.97 Å². The summed E-state index contributed by atoms with van der Waals surface area (Å²) in [6.07, 6.45) is 1.20. The third-order valence-electron chi connectivity index (χ3n) is 2.99. The molecular weight excluding hydrogens is 188 g/mol. The number of hydrogen-bond acceptors (Lipinski definition) is 2. The number of carbonyl (C=O) groups is 1. The van der Waals surface area contributed by atoms with Gasteiger partial charge in [-0.15, -0.1) is 0 Å². The largest absolute Gasteiger partial charge is 0.462 e. The van der Waals surface area contributed by atoms with Crippen LogP contribution in [-0.4, -0.2) is 12.6 Å². The minimum absolute atomic E-state index is 0.200. The second kappa shape index (κ2) is 4.05. The van der Waals surface area contributed by atoms with Crippen LogP contribution in [0.25, 0.3) is 0 Å². The van der Waals surface area contributed by atoms with Crippen molar-refractivity contribution in [2.45, 2.75) is 20.3 Å². The Bertz CT molecular complexity index is 353. The lowest BCUT2D eigenvalue weighted by molar-refractivity contribution is 0.0481. The van der Waals surface area contributed by atoms with Gasteiger partial charge in [0.2, 0.25) is 0 Å². The van der Waals surface area contributed by atoms with E-state index >= 15 is 0 Å². The highest BCUT2D eigenvalue weighted by Gasteiger charge is 2.33. The summed E-state index contributed by atoms with van der Waals surface area (Å²) in [4.78, 5) is 11.6. The van der Waals surface area contributed by atoms with E-state index in [1.54, 1.807) is 0 Å². The Hall–Kier alpha value is -1.31. The molecule has 1 aromatic rings. The summed E-state index contributed by atoms with van der Waals surface area (Å²) in [5.74, 6) is 1.13. The van der Waals surface area contributed by atoms with Crippen molar-refractivity contribution in [1.29, 1.82) is 0 Å². The number of aryl methyl sites for hydroxylation is 1. The first-order valence-corrected chi connectivity index (χ1v) is 5.40. The summed E-state index contributed by atoms with van der Waals surface area (Å²) in [7, 11) is 0. The van der Waals surface area contributed by atoms with E-state index in [0.717, 1.165) is 11.5 Å². The van der Waals surface area contributed by atoms with Crippen molar-refractivity contribution in [3.05, 3.63) is 35.4 Å². The second-order valence-corrected chi connectivity index (χ2v) is 4.44. The molecule has 15 heavy (non-hydrogen) atoms. The molecule has 0 radical (unpaired) electrons. The highest BCUT2D eigenvalue weighted by atomic mass is 16.5. The van der Waals surface area contributed by atoms with Gasteiger partial charge in [-0.25, -0.2) is 4.79 Å². The van der Waals surface area contributed by atoms with Gasteiger partial charge in [0.05, 0.1) is 12.2 Å². The van der Waals surface area contributed by atoms with E-state index in [1.165, 1.54) is 6.42 Å². The summed E-state index contributed by atoms with van der Waals surface area (Å²) < 4.78 is 5.22. The predicted molar refractivity (Wildman–Crippen MR) is 58.7 cm³/mol. The van der Waals surface area contributed by atoms with Crippen molar-refractivity contribution < 1.29 is 9.53 Å². The van der Waals surface area contributed by atoms with Crippen LogP contribution in [0.5, 0.6) is 0 Å². The molecule has 2 rings (SSSR count). The van der Waals surface area contributed by atoms with Crippen LogP contribution in [0.1, 0.15) is 29.3 Å². The van der Waals surface area contributed by atoms with Crippen molar-refractivity contribution in [1.82, 2.24) is 0 Å². The number of ether oxygens (including phenoxy) is 1. The molecule has 2 heteroatoms. The molecule has 0 saturated heterocycles. The molecule has 0 aliphatic heterocycles. The third kappa shape index (κ3) is 2.58. The first kappa shape index (κ1) is 10.2. The van der Waals surface area contributed by atoms with Crippen LogP contribution in [0.3, 0.4) is 0 Å². The van der Waals surface area contributed by atoms with Gasteiger partial charge in [0.1, 0.15) is 0 Å². The van der Waals surface area contributed by atoms with E-state index in [-0.39, 0.29) is 5.97 Å². The van der Waals surface area contributed by atoms with Crippen LogP contribution in [0.2, 0.25) is 0 Å². The first-order chi connectivity index (χ1) is 7.16. The Balaban J connectivity index is 1.87. The lowest BCUT2D eigenvalue weighted by Gasteiger charge is -2.03. The van der Waals surface area contributed by atoms with Crippen molar-refractivity contribution in [3.63, 3.8) is 0 Å². The minimum Gasteiger partial charge on any atom is -0.462 e. The van der Waals surface area contributed by atoms with E-state index in [0.29, 0.717) is 18.1 Å². The van der Waals surface area contributed by atoms with Crippen LogP contribution in [0.4, 0.5) is 0 Å². The van der Waals surface area contributed by atoms with Gasteiger partial charge in [-0.3, -0.25) is 0 Å². The van der Waals surface area contributed by atoms with Gasteiger partial charge in [-0.1, -0.05) is 24.6 Å². The highest BCUT2D eigenvalue weighted by molar-refractivity contribution is 5.89. The molecule has 1 aliphatic carbocycles. The number of hydrogen-bond donors (Lipinski definition) is 0. The average Bonchev–Trinajstić information content (AvgIpc) is 2.92.